The lowest BCUT2D eigenvalue weighted by atomic mass is 10.0. The molecule has 0 amide bonds. The Hall–Kier alpha value is -3.15. The van der Waals surface area contributed by atoms with E-state index in [1.807, 2.05) is 0 Å². The quantitative estimate of drug-likeness (QED) is 0.0261. The summed E-state index contributed by atoms with van der Waals surface area (Å²) in [5.74, 6) is -0.872. The minimum atomic E-state index is -0.778. The highest BCUT2D eigenvalue weighted by molar-refractivity contribution is 5.71. The van der Waals surface area contributed by atoms with Crippen LogP contribution in [-0.4, -0.2) is 37.2 Å². The molecular formula is C72H128O6. The van der Waals surface area contributed by atoms with E-state index in [1.165, 1.54) is 199 Å². The number of carbonyl (C=O) groups is 3. The van der Waals surface area contributed by atoms with Gasteiger partial charge in [-0.05, 0) is 83.5 Å². The van der Waals surface area contributed by atoms with Gasteiger partial charge in [0.2, 0.25) is 0 Å². The Morgan fingerprint density at radius 1 is 0.269 bits per heavy atom. The average molecular weight is 1090 g/mol. The Bertz CT molecular complexity index is 1440. The van der Waals surface area contributed by atoms with Crippen LogP contribution in [0.4, 0.5) is 0 Å². The Morgan fingerprint density at radius 2 is 0.513 bits per heavy atom. The van der Waals surface area contributed by atoms with Crippen LogP contribution in [0.15, 0.2) is 72.9 Å². The molecule has 1 atom stereocenters. The molecule has 0 saturated carbocycles. The SMILES string of the molecule is CC/C=C\C/C=C\C/C=C\C/C=C\CCCCCCCCCCCCCCCCCCCCCCCCC(=O)OCC(COC(=O)CCCCCCCCCCCCC)OC(=O)CCCCCCC/C=C\C/C=C\CCCC. The minimum Gasteiger partial charge on any atom is -0.462 e. The number of allylic oxidation sites excluding steroid dienone is 12. The smallest absolute Gasteiger partial charge is 0.306 e. The number of hydrogen-bond acceptors (Lipinski definition) is 6. The highest BCUT2D eigenvalue weighted by Crippen LogP contribution is 2.18. The van der Waals surface area contributed by atoms with Crippen molar-refractivity contribution in [1.82, 2.24) is 0 Å². The second kappa shape index (κ2) is 66.4. The molecule has 0 bridgehead atoms. The maximum atomic E-state index is 12.9. The van der Waals surface area contributed by atoms with Gasteiger partial charge in [0.1, 0.15) is 13.2 Å². The average Bonchev–Trinajstić information content (AvgIpc) is 3.44. The summed E-state index contributed by atoms with van der Waals surface area (Å²) in [4.78, 5) is 38.2. The van der Waals surface area contributed by atoms with Crippen molar-refractivity contribution >= 4 is 17.9 Å². The fourth-order valence-electron chi connectivity index (χ4n) is 9.87. The predicted octanol–water partition coefficient (Wildman–Crippen LogP) is 23.3. The lowest BCUT2D eigenvalue weighted by Crippen LogP contribution is -2.30. The summed E-state index contributed by atoms with van der Waals surface area (Å²) in [6.45, 7) is 6.51. The molecule has 78 heavy (non-hydrogen) atoms. The van der Waals surface area contributed by atoms with E-state index in [-0.39, 0.29) is 31.1 Å². The van der Waals surface area contributed by atoms with Gasteiger partial charge in [-0.3, -0.25) is 14.4 Å². The van der Waals surface area contributed by atoms with Gasteiger partial charge >= 0.3 is 17.9 Å². The zero-order valence-electron chi connectivity index (χ0n) is 51.9. The number of carbonyl (C=O) groups excluding carboxylic acids is 3. The minimum absolute atomic E-state index is 0.0751. The number of hydrogen-bond donors (Lipinski definition) is 0. The molecule has 0 aliphatic carbocycles. The van der Waals surface area contributed by atoms with Crippen LogP contribution >= 0.6 is 0 Å². The number of ether oxygens (including phenoxy) is 3. The van der Waals surface area contributed by atoms with E-state index < -0.39 is 6.10 Å². The number of esters is 3. The van der Waals surface area contributed by atoms with Crippen molar-refractivity contribution in [3.8, 4) is 0 Å². The molecule has 1 unspecified atom stereocenters. The van der Waals surface area contributed by atoms with E-state index in [1.54, 1.807) is 0 Å². The third-order valence-corrected chi connectivity index (χ3v) is 14.9. The van der Waals surface area contributed by atoms with Crippen molar-refractivity contribution in [3.05, 3.63) is 72.9 Å². The van der Waals surface area contributed by atoms with Crippen LogP contribution in [0.1, 0.15) is 348 Å². The molecular weight excluding hydrogens is 961 g/mol. The van der Waals surface area contributed by atoms with E-state index in [0.717, 1.165) is 109 Å². The van der Waals surface area contributed by atoms with Gasteiger partial charge in [-0.2, -0.15) is 0 Å². The van der Waals surface area contributed by atoms with Crippen LogP contribution in [-0.2, 0) is 28.6 Å². The number of rotatable bonds is 62. The maximum Gasteiger partial charge on any atom is 0.306 e. The van der Waals surface area contributed by atoms with Gasteiger partial charge in [0.05, 0.1) is 0 Å². The molecule has 0 saturated heterocycles. The largest absolute Gasteiger partial charge is 0.462 e. The van der Waals surface area contributed by atoms with E-state index in [0.29, 0.717) is 19.3 Å². The molecule has 0 aromatic carbocycles. The lowest BCUT2D eigenvalue weighted by molar-refractivity contribution is -0.167. The van der Waals surface area contributed by atoms with Crippen LogP contribution in [0, 0.1) is 0 Å². The third kappa shape index (κ3) is 63.7. The van der Waals surface area contributed by atoms with E-state index in [9.17, 15) is 14.4 Å². The molecule has 6 nitrogen and oxygen atoms in total. The molecule has 0 aliphatic rings. The topological polar surface area (TPSA) is 78.9 Å². The van der Waals surface area contributed by atoms with Gasteiger partial charge in [0.15, 0.2) is 6.10 Å². The lowest BCUT2D eigenvalue weighted by Gasteiger charge is -2.18. The molecule has 0 heterocycles. The van der Waals surface area contributed by atoms with Gasteiger partial charge in [0, 0.05) is 19.3 Å². The van der Waals surface area contributed by atoms with Gasteiger partial charge < -0.3 is 14.2 Å². The van der Waals surface area contributed by atoms with Gasteiger partial charge in [-0.1, -0.05) is 318 Å². The van der Waals surface area contributed by atoms with Crippen LogP contribution < -0.4 is 0 Å². The molecule has 452 valence electrons. The van der Waals surface area contributed by atoms with Crippen molar-refractivity contribution in [2.24, 2.45) is 0 Å². The highest BCUT2D eigenvalue weighted by Gasteiger charge is 2.19. The van der Waals surface area contributed by atoms with E-state index in [2.05, 4.69) is 93.7 Å². The first kappa shape index (κ1) is 74.8. The monoisotopic (exact) mass is 1090 g/mol. The van der Waals surface area contributed by atoms with E-state index in [4.69, 9.17) is 14.2 Å². The first-order valence-corrected chi connectivity index (χ1v) is 33.9. The maximum absolute atomic E-state index is 12.9. The zero-order chi connectivity index (χ0) is 56.4. The predicted molar refractivity (Wildman–Crippen MR) is 339 cm³/mol. The van der Waals surface area contributed by atoms with Crippen molar-refractivity contribution in [2.45, 2.75) is 354 Å². The third-order valence-electron chi connectivity index (χ3n) is 14.9. The molecule has 0 spiro atoms. The van der Waals surface area contributed by atoms with Gasteiger partial charge in [0.25, 0.3) is 0 Å². The summed E-state index contributed by atoms with van der Waals surface area (Å²) < 4.78 is 16.9. The Balaban J connectivity index is 4.03. The van der Waals surface area contributed by atoms with Crippen molar-refractivity contribution < 1.29 is 28.6 Å². The van der Waals surface area contributed by atoms with Gasteiger partial charge in [-0.15, -0.1) is 0 Å². The van der Waals surface area contributed by atoms with Crippen molar-refractivity contribution in [2.75, 3.05) is 13.2 Å². The summed E-state index contributed by atoms with van der Waals surface area (Å²) in [5.41, 5.74) is 0. The standard InChI is InChI=1S/C72H128O6/c1-4-7-10-13-16-19-22-24-26-27-28-29-30-31-32-33-34-35-36-37-38-39-40-41-42-43-44-45-46-48-50-53-56-59-62-65-71(74)77-68-69(67-76-70(73)64-61-58-55-52-49-21-18-15-12-9-6-3)78-72(75)66-63-60-57-54-51-47-25-23-20-17-14-11-8-5-2/h7,10,14,16-17,19,23-26,28-29,69H,4-6,8-9,11-13,15,18,20-22,27,30-68H2,1-3H3/b10-7-,17-14-,19-16-,25-23-,26-24-,29-28-. The fourth-order valence-corrected chi connectivity index (χ4v) is 9.87. The summed E-state index contributed by atoms with van der Waals surface area (Å²) in [7, 11) is 0. The molecule has 0 aromatic rings. The summed E-state index contributed by atoms with van der Waals surface area (Å²) in [6.07, 6.45) is 86.6. The first-order valence-electron chi connectivity index (χ1n) is 33.9. The molecule has 0 fully saturated rings. The molecule has 0 aliphatic heterocycles. The van der Waals surface area contributed by atoms with Gasteiger partial charge in [-0.25, -0.2) is 0 Å². The van der Waals surface area contributed by atoms with Crippen LogP contribution in [0.25, 0.3) is 0 Å². The second-order valence-corrected chi connectivity index (χ2v) is 22.7. The summed E-state index contributed by atoms with van der Waals surface area (Å²) >= 11 is 0. The summed E-state index contributed by atoms with van der Waals surface area (Å²) in [5, 5.41) is 0. The molecule has 0 N–H and O–H groups in total. The fraction of sp³-hybridized carbons (Fsp3) is 0.792. The van der Waals surface area contributed by atoms with Crippen LogP contribution in [0.5, 0.6) is 0 Å². The second-order valence-electron chi connectivity index (χ2n) is 22.7. The highest BCUT2D eigenvalue weighted by atomic mass is 16.6. The van der Waals surface area contributed by atoms with E-state index >= 15 is 0 Å². The Labute approximate surface area is 484 Å². The zero-order valence-corrected chi connectivity index (χ0v) is 51.9. The first-order chi connectivity index (χ1) is 38.5. The Morgan fingerprint density at radius 3 is 0.821 bits per heavy atom. The molecule has 0 rings (SSSR count). The molecule has 0 radical (unpaired) electrons. The van der Waals surface area contributed by atoms with Crippen LogP contribution in [0.2, 0.25) is 0 Å². The molecule has 6 heteroatoms. The Kier molecular flexibility index (Phi) is 63.7. The van der Waals surface area contributed by atoms with Crippen LogP contribution in [0.3, 0.4) is 0 Å². The van der Waals surface area contributed by atoms with Crippen molar-refractivity contribution in [3.63, 3.8) is 0 Å². The number of unbranched alkanes of at least 4 members (excludes halogenated alkanes) is 39. The van der Waals surface area contributed by atoms with Crippen molar-refractivity contribution in [1.29, 1.82) is 0 Å². The summed E-state index contributed by atoms with van der Waals surface area (Å²) in [6, 6.07) is 0. The molecule has 0 aromatic heterocycles. The normalized spacial score (nSPS) is 12.5.